The van der Waals surface area contributed by atoms with Crippen LogP contribution in [0, 0.1) is 36.5 Å². The average molecular weight is 323 g/mol. The minimum absolute atomic E-state index is 0.0601. The zero-order chi connectivity index (χ0) is 16.7. The van der Waals surface area contributed by atoms with E-state index in [1.54, 1.807) is 0 Å². The van der Waals surface area contributed by atoms with E-state index >= 15 is 0 Å². The molecule has 0 radical (unpaired) electrons. The maximum absolute atomic E-state index is 12.5. The number of aryl methyl sites for hydroxylation is 1. The summed E-state index contributed by atoms with van der Waals surface area (Å²) in [4.78, 5) is 12.5. The smallest absolute Gasteiger partial charge is 0.153 e. The number of aliphatic hydroxyl groups is 1. The predicted octanol–water partition coefficient (Wildman–Crippen LogP) is 2.44. The van der Waals surface area contributed by atoms with Crippen molar-refractivity contribution in [1.82, 2.24) is 5.32 Å². The van der Waals surface area contributed by atoms with Gasteiger partial charge in [-0.25, -0.2) is 0 Å². The second kappa shape index (κ2) is 6.02. The van der Waals surface area contributed by atoms with Crippen LogP contribution in [0.2, 0.25) is 0 Å². The van der Waals surface area contributed by atoms with E-state index in [4.69, 9.17) is 0 Å². The fourth-order valence-corrected chi connectivity index (χ4v) is 4.46. The number of hydrogen-bond donors (Lipinski definition) is 2. The first-order valence-corrected chi connectivity index (χ1v) is 9.16. The van der Waals surface area contributed by atoms with Gasteiger partial charge in [-0.05, 0) is 62.6 Å². The Morgan fingerprint density at radius 2 is 2.17 bits per heavy atom. The number of Topliss-reactive ketones (excluding diaryl/α,β-unsaturated/α-hetero) is 1. The topological polar surface area (TPSA) is 49.3 Å². The summed E-state index contributed by atoms with van der Waals surface area (Å²) in [6.45, 7) is 2.75. The molecule has 0 bridgehead atoms. The lowest BCUT2D eigenvalue weighted by atomic mass is 9.68. The van der Waals surface area contributed by atoms with Crippen LogP contribution in [0.4, 0.5) is 0 Å². The number of benzene rings is 1. The van der Waals surface area contributed by atoms with Crippen molar-refractivity contribution in [3.05, 3.63) is 35.4 Å². The van der Waals surface area contributed by atoms with Crippen LogP contribution < -0.4 is 5.32 Å². The number of ketones is 1. The van der Waals surface area contributed by atoms with Crippen LogP contribution in [0.25, 0.3) is 0 Å². The molecule has 2 saturated carbocycles. The van der Waals surface area contributed by atoms with Gasteiger partial charge in [-0.3, -0.25) is 4.79 Å². The van der Waals surface area contributed by atoms with Gasteiger partial charge in [0.2, 0.25) is 0 Å². The van der Waals surface area contributed by atoms with E-state index in [1.807, 2.05) is 31.2 Å². The van der Waals surface area contributed by atoms with Crippen molar-refractivity contribution in [2.45, 2.75) is 50.7 Å². The molecule has 4 atom stereocenters. The normalized spacial score (nSPS) is 35.0. The van der Waals surface area contributed by atoms with Gasteiger partial charge in [0.25, 0.3) is 0 Å². The maximum atomic E-state index is 12.5. The van der Waals surface area contributed by atoms with Crippen LogP contribution in [0.5, 0.6) is 0 Å². The van der Waals surface area contributed by atoms with Crippen LogP contribution in [0.1, 0.15) is 43.2 Å². The van der Waals surface area contributed by atoms with E-state index in [2.05, 4.69) is 17.2 Å². The number of hydrogen-bond acceptors (Lipinski definition) is 3. The van der Waals surface area contributed by atoms with Crippen molar-refractivity contribution in [2.75, 3.05) is 6.54 Å². The van der Waals surface area contributed by atoms with Crippen molar-refractivity contribution in [1.29, 1.82) is 0 Å². The molecule has 2 N–H and O–H groups in total. The number of nitrogens with one attached hydrogen (secondary N) is 1. The van der Waals surface area contributed by atoms with Crippen molar-refractivity contribution in [3.8, 4) is 11.8 Å². The molecule has 3 nitrogen and oxygen atoms in total. The summed E-state index contributed by atoms with van der Waals surface area (Å²) >= 11 is 0. The molecule has 1 aliphatic heterocycles. The molecule has 4 rings (SSSR count). The van der Waals surface area contributed by atoms with Gasteiger partial charge in [-0.15, -0.1) is 0 Å². The van der Waals surface area contributed by atoms with Crippen molar-refractivity contribution < 1.29 is 9.90 Å². The molecular formula is C21H25NO2. The molecule has 1 saturated heterocycles. The zero-order valence-electron chi connectivity index (χ0n) is 14.2. The van der Waals surface area contributed by atoms with Gasteiger partial charge in [-0.2, -0.15) is 0 Å². The van der Waals surface area contributed by atoms with E-state index in [9.17, 15) is 9.90 Å². The summed E-state index contributed by atoms with van der Waals surface area (Å²) in [5.41, 5.74) is 1.15. The number of fused-ring (bicyclic) bond motifs is 1. The Labute approximate surface area is 143 Å². The third-order valence-electron chi connectivity index (χ3n) is 5.94. The van der Waals surface area contributed by atoms with Gasteiger partial charge in [0.1, 0.15) is 5.60 Å². The Kier molecular flexibility index (Phi) is 3.98. The van der Waals surface area contributed by atoms with E-state index in [0.29, 0.717) is 18.7 Å². The Hall–Kier alpha value is -1.63. The SMILES string of the molecule is Cc1cccc(C#CC2(O)CCCC3C(C(=O)C4CC4)NCC32)c1. The summed E-state index contributed by atoms with van der Waals surface area (Å²) in [7, 11) is 0. The molecule has 3 fully saturated rings. The first-order valence-electron chi connectivity index (χ1n) is 9.16. The van der Waals surface area contributed by atoms with Crippen LogP contribution in [0.3, 0.4) is 0 Å². The van der Waals surface area contributed by atoms with Gasteiger partial charge in [0.05, 0.1) is 6.04 Å². The van der Waals surface area contributed by atoms with Gasteiger partial charge in [0, 0.05) is 23.9 Å². The van der Waals surface area contributed by atoms with E-state index < -0.39 is 5.60 Å². The van der Waals surface area contributed by atoms with Crippen molar-refractivity contribution in [3.63, 3.8) is 0 Å². The molecule has 0 aromatic heterocycles. The Balaban J connectivity index is 1.56. The molecular weight excluding hydrogens is 298 g/mol. The highest BCUT2D eigenvalue weighted by Gasteiger charge is 2.53. The molecule has 24 heavy (non-hydrogen) atoms. The molecule has 1 aromatic rings. The van der Waals surface area contributed by atoms with Crippen molar-refractivity contribution in [2.24, 2.45) is 17.8 Å². The van der Waals surface area contributed by atoms with Crippen LogP contribution >= 0.6 is 0 Å². The van der Waals surface area contributed by atoms with Crippen LogP contribution in [-0.2, 0) is 4.79 Å². The molecule has 0 amide bonds. The lowest BCUT2D eigenvalue weighted by Gasteiger charge is -2.38. The number of rotatable bonds is 2. The first-order chi connectivity index (χ1) is 11.6. The molecule has 1 heterocycles. The molecule has 0 spiro atoms. The highest BCUT2D eigenvalue weighted by molar-refractivity contribution is 5.89. The van der Waals surface area contributed by atoms with Crippen LogP contribution in [0.15, 0.2) is 24.3 Å². The average Bonchev–Trinajstić information content (AvgIpc) is 3.32. The number of carbonyl (C=O) groups is 1. The van der Waals surface area contributed by atoms with E-state index in [0.717, 1.165) is 31.2 Å². The third kappa shape index (κ3) is 2.90. The molecule has 4 unspecified atom stereocenters. The molecule has 3 aliphatic rings. The highest BCUT2D eigenvalue weighted by atomic mass is 16.3. The van der Waals surface area contributed by atoms with Gasteiger partial charge in [-0.1, -0.05) is 24.0 Å². The Morgan fingerprint density at radius 3 is 2.92 bits per heavy atom. The monoisotopic (exact) mass is 323 g/mol. The van der Waals surface area contributed by atoms with Crippen molar-refractivity contribution >= 4 is 5.78 Å². The predicted molar refractivity (Wildman–Crippen MR) is 93.4 cm³/mol. The number of carbonyl (C=O) groups excluding carboxylic acids is 1. The highest BCUT2D eigenvalue weighted by Crippen LogP contribution is 2.44. The largest absolute Gasteiger partial charge is 0.377 e. The lowest BCUT2D eigenvalue weighted by molar-refractivity contribution is -0.123. The first kappa shape index (κ1) is 15.9. The van der Waals surface area contributed by atoms with Crippen LogP contribution in [-0.4, -0.2) is 29.1 Å². The molecule has 2 aliphatic carbocycles. The van der Waals surface area contributed by atoms with Gasteiger partial charge >= 0.3 is 0 Å². The van der Waals surface area contributed by atoms with E-state index in [-0.39, 0.29) is 23.8 Å². The molecule has 3 heteroatoms. The lowest BCUT2D eigenvalue weighted by Crippen LogP contribution is -2.46. The summed E-state index contributed by atoms with van der Waals surface area (Å²) < 4.78 is 0. The standard InChI is InChI=1S/C21H25NO2/c1-14-4-2-5-15(12-14)9-11-21(24)10-3-6-17-18(21)13-22-19(17)20(23)16-7-8-16/h2,4-5,12,16-19,22,24H,3,6-8,10,13H2,1H3. The fourth-order valence-electron chi connectivity index (χ4n) is 4.46. The Bertz CT molecular complexity index is 712. The zero-order valence-corrected chi connectivity index (χ0v) is 14.2. The second-order valence-electron chi connectivity index (χ2n) is 7.77. The Morgan fingerprint density at radius 1 is 1.33 bits per heavy atom. The summed E-state index contributed by atoms with van der Waals surface area (Å²) in [6.07, 6.45) is 4.77. The second-order valence-corrected chi connectivity index (χ2v) is 7.77. The fraction of sp³-hybridized carbons (Fsp3) is 0.571. The van der Waals surface area contributed by atoms with Gasteiger partial charge in [0.15, 0.2) is 5.78 Å². The summed E-state index contributed by atoms with van der Waals surface area (Å²) in [5.74, 6) is 7.30. The molecule has 1 aromatic carbocycles. The maximum Gasteiger partial charge on any atom is 0.153 e. The molecule has 126 valence electrons. The third-order valence-corrected chi connectivity index (χ3v) is 5.94. The minimum atomic E-state index is -0.974. The quantitative estimate of drug-likeness (QED) is 0.822. The van der Waals surface area contributed by atoms with E-state index in [1.165, 1.54) is 5.56 Å². The van der Waals surface area contributed by atoms with Gasteiger partial charge < -0.3 is 10.4 Å². The minimum Gasteiger partial charge on any atom is -0.377 e. The summed E-state index contributed by atoms with van der Waals surface area (Å²) in [6, 6.07) is 8.01. The summed E-state index contributed by atoms with van der Waals surface area (Å²) in [5, 5.41) is 14.6.